The molecule has 64 valence electrons. The Morgan fingerprint density at radius 3 is 2.18 bits per heavy atom. The van der Waals surface area contributed by atoms with E-state index in [0.29, 0.717) is 0 Å². The van der Waals surface area contributed by atoms with Crippen LogP contribution in [-0.4, -0.2) is 34.7 Å². The van der Waals surface area contributed by atoms with Crippen molar-refractivity contribution in [1.29, 1.82) is 0 Å². The summed E-state index contributed by atoms with van der Waals surface area (Å²) in [5.41, 5.74) is 0.194. The zero-order chi connectivity index (χ0) is 7.90. The van der Waals surface area contributed by atoms with Gasteiger partial charge in [0.2, 0.25) is 0 Å². The first-order valence-electron chi connectivity index (χ1n) is 4.69. The van der Waals surface area contributed by atoms with Gasteiger partial charge < -0.3 is 5.11 Å². The van der Waals surface area contributed by atoms with Crippen molar-refractivity contribution < 1.29 is 5.11 Å². The van der Waals surface area contributed by atoms with E-state index in [4.69, 9.17) is 0 Å². The molecule has 0 spiro atoms. The van der Waals surface area contributed by atoms with E-state index in [0.717, 1.165) is 0 Å². The van der Waals surface area contributed by atoms with Gasteiger partial charge in [-0.25, -0.2) is 0 Å². The molecule has 0 bridgehead atoms. The Morgan fingerprint density at radius 2 is 1.82 bits per heavy atom. The number of hydrogen-bond acceptors (Lipinski definition) is 2. The van der Waals surface area contributed by atoms with Gasteiger partial charge in [-0.15, -0.1) is 0 Å². The molecule has 2 saturated heterocycles. The van der Waals surface area contributed by atoms with Crippen molar-refractivity contribution in [2.75, 3.05) is 13.1 Å². The second kappa shape index (κ2) is 2.46. The van der Waals surface area contributed by atoms with Gasteiger partial charge in [-0.05, 0) is 45.7 Å². The molecule has 2 nitrogen and oxygen atoms in total. The summed E-state index contributed by atoms with van der Waals surface area (Å²) in [4.78, 5) is 2.48. The van der Waals surface area contributed by atoms with Crippen LogP contribution in [0.5, 0.6) is 0 Å². The lowest BCUT2D eigenvalue weighted by atomic mass is 9.89. The SMILES string of the molecule is CC(O)C12CCCN1CCC2. The molecule has 0 aromatic rings. The summed E-state index contributed by atoms with van der Waals surface area (Å²) in [5, 5.41) is 9.67. The van der Waals surface area contributed by atoms with Gasteiger partial charge in [0.25, 0.3) is 0 Å². The van der Waals surface area contributed by atoms with Crippen LogP contribution in [0.15, 0.2) is 0 Å². The quantitative estimate of drug-likeness (QED) is 0.610. The highest BCUT2D eigenvalue weighted by Crippen LogP contribution is 2.40. The lowest BCUT2D eigenvalue weighted by Gasteiger charge is -2.34. The third kappa shape index (κ3) is 0.926. The van der Waals surface area contributed by atoms with Crippen molar-refractivity contribution in [3.05, 3.63) is 0 Å². The van der Waals surface area contributed by atoms with E-state index in [1.165, 1.54) is 38.8 Å². The number of aliphatic hydroxyl groups is 1. The first-order valence-corrected chi connectivity index (χ1v) is 4.69. The summed E-state index contributed by atoms with van der Waals surface area (Å²) >= 11 is 0. The molecule has 0 aliphatic carbocycles. The van der Waals surface area contributed by atoms with Crippen molar-refractivity contribution in [2.45, 2.75) is 44.2 Å². The molecule has 2 fully saturated rings. The van der Waals surface area contributed by atoms with Crippen molar-refractivity contribution in [3.63, 3.8) is 0 Å². The zero-order valence-corrected chi connectivity index (χ0v) is 7.21. The predicted octanol–water partition coefficient (Wildman–Crippen LogP) is 0.996. The van der Waals surface area contributed by atoms with Crippen LogP contribution in [0.25, 0.3) is 0 Å². The largest absolute Gasteiger partial charge is 0.391 e. The zero-order valence-electron chi connectivity index (χ0n) is 7.21. The molecule has 11 heavy (non-hydrogen) atoms. The number of hydrogen-bond donors (Lipinski definition) is 1. The Hall–Kier alpha value is -0.0800. The minimum atomic E-state index is -0.132. The van der Waals surface area contributed by atoms with Gasteiger partial charge in [0.15, 0.2) is 0 Å². The molecule has 2 rings (SSSR count). The molecule has 0 aromatic carbocycles. The van der Waals surface area contributed by atoms with E-state index < -0.39 is 0 Å². The Morgan fingerprint density at radius 1 is 1.27 bits per heavy atom. The molecular weight excluding hydrogens is 138 g/mol. The highest BCUT2D eigenvalue weighted by Gasteiger charge is 2.47. The van der Waals surface area contributed by atoms with Gasteiger partial charge in [0, 0.05) is 5.54 Å². The maximum atomic E-state index is 9.67. The molecule has 0 aromatic heterocycles. The summed E-state index contributed by atoms with van der Waals surface area (Å²) in [7, 11) is 0. The van der Waals surface area contributed by atoms with Gasteiger partial charge in [-0.1, -0.05) is 0 Å². The van der Waals surface area contributed by atoms with Crippen LogP contribution in [0.3, 0.4) is 0 Å². The third-order valence-corrected chi connectivity index (χ3v) is 3.48. The lowest BCUT2D eigenvalue weighted by molar-refractivity contribution is 0.0294. The van der Waals surface area contributed by atoms with E-state index in [1.54, 1.807) is 0 Å². The Labute approximate surface area is 68.2 Å². The monoisotopic (exact) mass is 155 g/mol. The summed E-state index contributed by atoms with van der Waals surface area (Å²) < 4.78 is 0. The van der Waals surface area contributed by atoms with Gasteiger partial charge in [-0.2, -0.15) is 0 Å². The van der Waals surface area contributed by atoms with Crippen LogP contribution >= 0.6 is 0 Å². The molecule has 1 atom stereocenters. The Balaban J connectivity index is 2.20. The van der Waals surface area contributed by atoms with Crippen molar-refractivity contribution in [2.24, 2.45) is 0 Å². The fraction of sp³-hybridized carbons (Fsp3) is 1.00. The van der Waals surface area contributed by atoms with Gasteiger partial charge in [0.1, 0.15) is 0 Å². The van der Waals surface area contributed by atoms with Crippen molar-refractivity contribution in [1.82, 2.24) is 4.90 Å². The fourth-order valence-electron chi connectivity index (χ4n) is 2.83. The van der Waals surface area contributed by atoms with Crippen LogP contribution in [0.4, 0.5) is 0 Å². The molecule has 2 aliphatic heterocycles. The standard InChI is InChI=1S/C9H17NO/c1-8(11)9-4-2-6-10(9)7-3-5-9/h8,11H,2-7H2,1H3. The predicted molar refractivity (Wildman–Crippen MR) is 44.5 cm³/mol. The van der Waals surface area contributed by atoms with Gasteiger partial charge in [-0.3, -0.25) is 4.90 Å². The second-order valence-electron chi connectivity index (χ2n) is 3.97. The summed E-state index contributed by atoms with van der Waals surface area (Å²) in [6.45, 7) is 4.37. The van der Waals surface area contributed by atoms with E-state index in [-0.39, 0.29) is 11.6 Å². The lowest BCUT2D eigenvalue weighted by Crippen LogP contribution is -2.47. The molecule has 2 heteroatoms. The van der Waals surface area contributed by atoms with Gasteiger partial charge >= 0.3 is 0 Å². The summed E-state index contributed by atoms with van der Waals surface area (Å²) in [6, 6.07) is 0. The first kappa shape index (κ1) is 7.56. The number of aliphatic hydroxyl groups excluding tert-OH is 1. The van der Waals surface area contributed by atoms with Crippen LogP contribution < -0.4 is 0 Å². The Bertz CT molecular complexity index is 146. The molecule has 0 radical (unpaired) electrons. The average Bonchev–Trinajstić information content (AvgIpc) is 2.40. The average molecular weight is 155 g/mol. The van der Waals surface area contributed by atoms with Gasteiger partial charge in [0.05, 0.1) is 6.10 Å². The third-order valence-electron chi connectivity index (χ3n) is 3.48. The van der Waals surface area contributed by atoms with Crippen LogP contribution in [0.2, 0.25) is 0 Å². The minimum absolute atomic E-state index is 0.132. The molecular formula is C9H17NO. The van der Waals surface area contributed by atoms with Crippen molar-refractivity contribution >= 4 is 0 Å². The molecule has 0 saturated carbocycles. The maximum Gasteiger partial charge on any atom is 0.0695 e. The molecule has 1 unspecified atom stereocenters. The minimum Gasteiger partial charge on any atom is -0.391 e. The number of rotatable bonds is 1. The van der Waals surface area contributed by atoms with E-state index in [1.807, 2.05) is 6.92 Å². The van der Waals surface area contributed by atoms with Crippen molar-refractivity contribution in [3.8, 4) is 0 Å². The smallest absolute Gasteiger partial charge is 0.0695 e. The topological polar surface area (TPSA) is 23.5 Å². The number of fused-ring (bicyclic) bond motifs is 1. The second-order valence-corrected chi connectivity index (χ2v) is 3.97. The summed E-state index contributed by atoms with van der Waals surface area (Å²) in [5.74, 6) is 0. The van der Waals surface area contributed by atoms with E-state index in [9.17, 15) is 5.11 Å². The van der Waals surface area contributed by atoms with E-state index >= 15 is 0 Å². The fourth-order valence-corrected chi connectivity index (χ4v) is 2.83. The van der Waals surface area contributed by atoms with Crippen LogP contribution in [0, 0.1) is 0 Å². The normalized spacial score (nSPS) is 32.2. The maximum absolute atomic E-state index is 9.67. The molecule has 2 aliphatic rings. The highest BCUT2D eigenvalue weighted by atomic mass is 16.3. The molecule has 0 amide bonds. The number of nitrogens with zero attached hydrogens (tertiary/aromatic N) is 1. The van der Waals surface area contributed by atoms with Crippen LogP contribution in [-0.2, 0) is 0 Å². The summed E-state index contributed by atoms with van der Waals surface area (Å²) in [6.07, 6.45) is 4.86. The molecule has 1 N–H and O–H groups in total. The first-order chi connectivity index (χ1) is 5.26. The molecule has 2 heterocycles. The van der Waals surface area contributed by atoms with Crippen LogP contribution in [0.1, 0.15) is 32.6 Å². The Kier molecular flexibility index (Phi) is 1.69. The van der Waals surface area contributed by atoms with E-state index in [2.05, 4.69) is 4.90 Å². The highest BCUT2D eigenvalue weighted by molar-refractivity contribution is 5.03.